The van der Waals surface area contributed by atoms with Crippen LogP contribution in [0.1, 0.15) is 11.1 Å². The normalized spacial score (nSPS) is 9.80. The van der Waals surface area contributed by atoms with Gasteiger partial charge in [-0.15, -0.1) is 0 Å². The van der Waals surface area contributed by atoms with Gasteiger partial charge in [0.1, 0.15) is 0 Å². The van der Waals surface area contributed by atoms with Crippen molar-refractivity contribution in [1.29, 1.82) is 0 Å². The van der Waals surface area contributed by atoms with Crippen LogP contribution in [-0.4, -0.2) is 0 Å². The summed E-state index contributed by atoms with van der Waals surface area (Å²) in [6.07, 6.45) is 0. The Bertz CT molecular complexity index is 334. The summed E-state index contributed by atoms with van der Waals surface area (Å²) in [5.41, 5.74) is 2.49. The molecule has 0 fully saturated rings. The number of hydrogen-bond acceptors (Lipinski definition) is 0. The first kappa shape index (κ1) is 7.07. The fourth-order valence-corrected chi connectivity index (χ4v) is 1.09. The third-order valence-electron chi connectivity index (χ3n) is 1.71. The maximum absolute atomic E-state index is 3.90. The molecule has 0 aliphatic rings. The summed E-state index contributed by atoms with van der Waals surface area (Å²) in [4.78, 5) is 0. The van der Waals surface area contributed by atoms with Crippen LogP contribution < -0.4 is 10.4 Å². The van der Waals surface area contributed by atoms with Gasteiger partial charge in [-0.25, -0.2) is 0 Å². The molecule has 0 nitrogen and oxygen atoms in total. The lowest BCUT2D eigenvalue weighted by Crippen LogP contribution is -2.24. The lowest BCUT2D eigenvalue weighted by Gasteiger charge is -1.95. The zero-order valence-corrected chi connectivity index (χ0v) is 6.57. The van der Waals surface area contributed by atoms with Crippen LogP contribution in [0.3, 0.4) is 0 Å². The van der Waals surface area contributed by atoms with E-state index >= 15 is 0 Å². The molecule has 0 radical (unpaired) electrons. The monoisotopic (exact) mass is 132 g/mol. The molecule has 52 valence electrons. The van der Waals surface area contributed by atoms with Crippen molar-refractivity contribution in [1.82, 2.24) is 0 Å². The predicted molar refractivity (Wildman–Crippen MR) is 46.2 cm³/mol. The molecule has 0 aromatic heterocycles. The second-order valence-electron chi connectivity index (χ2n) is 2.72. The van der Waals surface area contributed by atoms with E-state index in [9.17, 15) is 0 Å². The van der Waals surface area contributed by atoms with E-state index in [1.165, 1.54) is 11.1 Å². The zero-order valence-electron chi connectivity index (χ0n) is 6.57. The van der Waals surface area contributed by atoms with Crippen molar-refractivity contribution in [2.75, 3.05) is 0 Å². The van der Waals surface area contributed by atoms with Crippen LogP contribution in [-0.2, 0) is 0 Å². The van der Waals surface area contributed by atoms with E-state index in [2.05, 4.69) is 39.1 Å². The van der Waals surface area contributed by atoms with Crippen LogP contribution >= 0.6 is 0 Å². The minimum Gasteiger partial charge on any atom is -0.0912 e. The Kier molecular flexibility index (Phi) is 1.62. The van der Waals surface area contributed by atoms with Crippen molar-refractivity contribution in [2.24, 2.45) is 0 Å². The highest BCUT2D eigenvalue weighted by atomic mass is 13.9. The third kappa shape index (κ3) is 1.10. The largest absolute Gasteiger partial charge is 0.0912 e. The van der Waals surface area contributed by atoms with Gasteiger partial charge in [-0.05, 0) is 29.8 Å². The molecule has 0 saturated heterocycles. The van der Waals surface area contributed by atoms with E-state index < -0.39 is 0 Å². The maximum Gasteiger partial charge on any atom is -0.0233 e. The van der Waals surface area contributed by atoms with Gasteiger partial charge >= 0.3 is 0 Å². The van der Waals surface area contributed by atoms with E-state index in [1.807, 2.05) is 0 Å². The summed E-state index contributed by atoms with van der Waals surface area (Å²) in [5, 5.41) is 2.10. The average molecular weight is 132 g/mol. The molecule has 0 heterocycles. The molecule has 0 atom stereocenters. The zero-order chi connectivity index (χ0) is 7.72. The van der Waals surface area contributed by atoms with E-state index in [0.717, 1.165) is 10.4 Å². The molecule has 10 heavy (non-hydrogen) atoms. The Balaban J connectivity index is 3.62. The quantitative estimate of drug-likeness (QED) is 0.496. The van der Waals surface area contributed by atoms with Crippen LogP contribution in [0.25, 0.3) is 13.2 Å². The van der Waals surface area contributed by atoms with E-state index in [1.54, 1.807) is 0 Å². The highest BCUT2D eigenvalue weighted by Gasteiger charge is 1.88. The first-order chi connectivity index (χ1) is 4.61. The molecule has 0 unspecified atom stereocenters. The van der Waals surface area contributed by atoms with Crippen molar-refractivity contribution in [2.45, 2.75) is 13.8 Å². The minimum absolute atomic E-state index is 1.04. The number of benzene rings is 1. The van der Waals surface area contributed by atoms with Crippen molar-refractivity contribution in [3.63, 3.8) is 0 Å². The third-order valence-corrected chi connectivity index (χ3v) is 1.71. The summed E-state index contributed by atoms with van der Waals surface area (Å²) in [6.45, 7) is 11.9. The van der Waals surface area contributed by atoms with Crippen LogP contribution in [0.5, 0.6) is 0 Å². The van der Waals surface area contributed by atoms with Gasteiger partial charge in [-0.2, -0.15) is 0 Å². The van der Waals surface area contributed by atoms with Gasteiger partial charge < -0.3 is 0 Å². The van der Waals surface area contributed by atoms with Crippen LogP contribution in [0.15, 0.2) is 12.1 Å². The van der Waals surface area contributed by atoms with Crippen LogP contribution in [0.4, 0.5) is 0 Å². The lowest BCUT2D eigenvalue weighted by molar-refractivity contribution is 1.32. The van der Waals surface area contributed by atoms with Crippen LogP contribution in [0, 0.1) is 13.8 Å². The standard InChI is InChI=1S/C10H12/c1-7-5-8(2)10(4)9(3)6-7/h5-6H,2,4H2,1,3H3. The maximum atomic E-state index is 3.90. The highest BCUT2D eigenvalue weighted by molar-refractivity contribution is 5.28. The molecule has 0 amide bonds. The molecule has 0 bridgehead atoms. The molecule has 0 N–H and O–H groups in total. The molecule has 0 spiro atoms. The second kappa shape index (κ2) is 2.30. The Labute approximate surface area is 61.5 Å². The van der Waals surface area contributed by atoms with Gasteiger partial charge in [-0.3, -0.25) is 0 Å². The smallest absolute Gasteiger partial charge is 0.0233 e. The van der Waals surface area contributed by atoms with Crippen LogP contribution in [0.2, 0.25) is 0 Å². The summed E-state index contributed by atoms with van der Waals surface area (Å²) >= 11 is 0. The number of rotatable bonds is 0. The summed E-state index contributed by atoms with van der Waals surface area (Å²) in [5.74, 6) is 0. The SMILES string of the molecule is C=c1cc(C)cc(C)c1=C. The summed E-state index contributed by atoms with van der Waals surface area (Å²) in [6, 6.07) is 4.17. The van der Waals surface area contributed by atoms with Gasteiger partial charge in [0, 0.05) is 0 Å². The molecule has 0 heteroatoms. The molecule has 1 aromatic rings. The van der Waals surface area contributed by atoms with Crippen molar-refractivity contribution >= 4 is 13.2 Å². The summed E-state index contributed by atoms with van der Waals surface area (Å²) < 4.78 is 0. The van der Waals surface area contributed by atoms with Gasteiger partial charge in [0.05, 0.1) is 0 Å². The Morgan fingerprint density at radius 3 is 2.20 bits per heavy atom. The molecule has 0 saturated carbocycles. The Morgan fingerprint density at radius 2 is 1.70 bits per heavy atom. The van der Waals surface area contributed by atoms with Gasteiger partial charge in [0.15, 0.2) is 0 Å². The van der Waals surface area contributed by atoms with E-state index in [4.69, 9.17) is 0 Å². The molecular formula is C10H12. The molecule has 1 aromatic carbocycles. The Hall–Kier alpha value is -1.04. The van der Waals surface area contributed by atoms with Crippen molar-refractivity contribution < 1.29 is 0 Å². The fourth-order valence-electron chi connectivity index (χ4n) is 1.09. The van der Waals surface area contributed by atoms with Gasteiger partial charge in [0.25, 0.3) is 0 Å². The van der Waals surface area contributed by atoms with Gasteiger partial charge in [0.2, 0.25) is 0 Å². The molecule has 0 aliphatic heterocycles. The predicted octanol–water partition coefficient (Wildman–Crippen LogP) is 1.12. The van der Waals surface area contributed by atoms with E-state index in [0.29, 0.717) is 0 Å². The fraction of sp³-hybridized carbons (Fsp3) is 0.200. The highest BCUT2D eigenvalue weighted by Crippen LogP contribution is 1.91. The van der Waals surface area contributed by atoms with Crippen molar-refractivity contribution in [3.05, 3.63) is 33.7 Å². The lowest BCUT2D eigenvalue weighted by atomic mass is 10.1. The topological polar surface area (TPSA) is 0 Å². The number of aryl methyl sites for hydroxylation is 2. The molecule has 1 rings (SSSR count). The first-order valence-electron chi connectivity index (χ1n) is 3.36. The average Bonchev–Trinajstić information content (AvgIpc) is 1.82. The van der Waals surface area contributed by atoms with Gasteiger partial charge in [-0.1, -0.05) is 30.9 Å². The molecule has 0 aliphatic carbocycles. The van der Waals surface area contributed by atoms with Crippen molar-refractivity contribution in [3.8, 4) is 0 Å². The second-order valence-corrected chi connectivity index (χ2v) is 2.72. The van der Waals surface area contributed by atoms with E-state index in [-0.39, 0.29) is 0 Å². The number of hydrogen-bond donors (Lipinski definition) is 0. The Morgan fingerprint density at radius 1 is 1.10 bits per heavy atom. The first-order valence-corrected chi connectivity index (χ1v) is 3.36. The molecular weight excluding hydrogens is 120 g/mol. The minimum atomic E-state index is 1.04. The summed E-state index contributed by atoms with van der Waals surface area (Å²) in [7, 11) is 0.